The van der Waals surface area contributed by atoms with E-state index in [1.54, 1.807) is 18.3 Å². The van der Waals surface area contributed by atoms with Gasteiger partial charge in [-0.05, 0) is 51.7 Å². The number of carbonyl (C=O) groups is 2. The van der Waals surface area contributed by atoms with Gasteiger partial charge in [-0.1, -0.05) is 11.8 Å². The van der Waals surface area contributed by atoms with Gasteiger partial charge in [-0.3, -0.25) is 4.79 Å². The molecule has 3 aromatic rings. The van der Waals surface area contributed by atoms with Crippen LogP contribution in [-0.2, 0) is 28.9 Å². The van der Waals surface area contributed by atoms with Gasteiger partial charge in [0.25, 0.3) is 0 Å². The van der Waals surface area contributed by atoms with E-state index in [-0.39, 0.29) is 17.6 Å². The van der Waals surface area contributed by atoms with Gasteiger partial charge in [-0.2, -0.15) is 0 Å². The molecule has 0 unspecified atom stereocenters. The van der Waals surface area contributed by atoms with Gasteiger partial charge in [-0.15, -0.1) is 32.9 Å². The van der Waals surface area contributed by atoms with Crippen molar-refractivity contribution in [2.75, 3.05) is 17.7 Å². The van der Waals surface area contributed by atoms with Crippen molar-refractivity contribution in [1.29, 1.82) is 0 Å². The van der Waals surface area contributed by atoms with Crippen LogP contribution in [0.15, 0.2) is 16.6 Å². The highest BCUT2D eigenvalue weighted by Gasteiger charge is 2.28. The molecule has 0 spiro atoms. The van der Waals surface area contributed by atoms with E-state index in [0.29, 0.717) is 28.9 Å². The van der Waals surface area contributed by atoms with Crippen LogP contribution in [0, 0.1) is 6.92 Å². The first-order chi connectivity index (χ1) is 15.0. The minimum absolute atomic E-state index is 0.172. The van der Waals surface area contributed by atoms with E-state index in [2.05, 4.69) is 33.9 Å². The first kappa shape index (κ1) is 22.0. The lowest BCUT2D eigenvalue weighted by Crippen LogP contribution is -2.17. The number of esters is 1. The Morgan fingerprint density at radius 2 is 2.13 bits per heavy atom. The predicted molar refractivity (Wildman–Crippen MR) is 125 cm³/mol. The number of ether oxygens (including phenoxy) is 1. The minimum Gasteiger partial charge on any atom is -0.462 e. The first-order valence-corrected chi connectivity index (χ1v) is 12.9. The topological polar surface area (TPSA) is 86.1 Å². The van der Waals surface area contributed by atoms with Crippen LogP contribution in [0.3, 0.4) is 0 Å². The summed E-state index contributed by atoms with van der Waals surface area (Å²) in [5, 5.41) is 14.9. The Hall–Kier alpha value is -2.17. The fourth-order valence-corrected chi connectivity index (χ4v) is 6.44. The van der Waals surface area contributed by atoms with E-state index in [9.17, 15) is 9.59 Å². The number of aromatic nitrogens is 3. The molecule has 4 rings (SSSR count). The zero-order valence-electron chi connectivity index (χ0n) is 17.7. The lowest BCUT2D eigenvalue weighted by atomic mass is 10.1. The Bertz CT molecular complexity index is 1120. The van der Waals surface area contributed by atoms with E-state index < -0.39 is 0 Å². The van der Waals surface area contributed by atoms with Crippen LogP contribution in [0.4, 0.5) is 5.00 Å². The molecule has 7 nitrogen and oxygen atoms in total. The third kappa shape index (κ3) is 4.56. The molecule has 1 amide bonds. The number of amides is 1. The second-order valence-corrected chi connectivity index (χ2v) is 10.3. The highest BCUT2D eigenvalue weighted by Crippen LogP contribution is 2.39. The second-order valence-electron chi connectivity index (χ2n) is 7.12. The number of aryl methyl sites for hydroxylation is 2. The average Bonchev–Trinajstić information content (AvgIpc) is 3.49. The second kappa shape index (κ2) is 9.54. The van der Waals surface area contributed by atoms with Crippen LogP contribution in [-0.4, -0.2) is 39.0 Å². The minimum atomic E-state index is -0.355. The summed E-state index contributed by atoms with van der Waals surface area (Å²) >= 11 is 4.51. The molecule has 0 aromatic carbocycles. The van der Waals surface area contributed by atoms with Gasteiger partial charge in [0.2, 0.25) is 5.91 Å². The third-order valence-corrected chi connectivity index (χ3v) is 8.04. The summed E-state index contributed by atoms with van der Waals surface area (Å²) in [7, 11) is 0. The number of thioether (sulfide) groups is 1. The van der Waals surface area contributed by atoms with Gasteiger partial charge >= 0.3 is 5.97 Å². The number of nitrogens with zero attached hydrogens (tertiary/aromatic N) is 3. The summed E-state index contributed by atoms with van der Waals surface area (Å²) < 4.78 is 7.25. The number of fused-ring (bicyclic) bond motifs is 1. The van der Waals surface area contributed by atoms with Crippen molar-refractivity contribution in [3.05, 3.63) is 32.3 Å². The Morgan fingerprint density at radius 3 is 2.84 bits per heavy atom. The number of anilines is 1. The summed E-state index contributed by atoms with van der Waals surface area (Å²) in [5.74, 6) is 0.473. The average molecular weight is 477 g/mol. The van der Waals surface area contributed by atoms with Crippen molar-refractivity contribution in [2.45, 2.75) is 51.7 Å². The maximum Gasteiger partial charge on any atom is 0.341 e. The Labute approximate surface area is 193 Å². The Morgan fingerprint density at radius 1 is 1.29 bits per heavy atom. The SMILES string of the molecule is CCOC(=O)c1c(NC(=O)CSc2nnc(-c3csc(C)c3)n2CC)sc2c1CCC2. The number of thiophene rings is 2. The van der Waals surface area contributed by atoms with Gasteiger partial charge < -0.3 is 14.6 Å². The molecule has 31 heavy (non-hydrogen) atoms. The van der Waals surface area contributed by atoms with Crippen molar-refractivity contribution < 1.29 is 14.3 Å². The standard InChI is InChI=1S/C21H24N4O3S3/c1-4-25-18(13-9-12(3)29-10-13)23-24-21(25)30-11-16(26)22-19-17(20(27)28-5-2)14-7-6-8-15(14)31-19/h9-10H,4-8,11H2,1-3H3,(H,22,26). The summed E-state index contributed by atoms with van der Waals surface area (Å²) in [4.78, 5) is 27.6. The fourth-order valence-electron chi connectivity index (χ4n) is 3.66. The van der Waals surface area contributed by atoms with Crippen LogP contribution in [0.25, 0.3) is 11.4 Å². The van der Waals surface area contributed by atoms with Crippen molar-refractivity contribution in [1.82, 2.24) is 14.8 Å². The molecule has 1 aliphatic rings. The van der Waals surface area contributed by atoms with Crippen molar-refractivity contribution in [3.8, 4) is 11.4 Å². The van der Waals surface area contributed by atoms with Gasteiger partial charge in [0.15, 0.2) is 11.0 Å². The van der Waals surface area contributed by atoms with Crippen LogP contribution in [0.5, 0.6) is 0 Å². The maximum atomic E-state index is 12.7. The molecule has 3 aromatic heterocycles. The molecule has 0 fully saturated rings. The highest BCUT2D eigenvalue weighted by atomic mass is 32.2. The van der Waals surface area contributed by atoms with Crippen molar-refractivity contribution in [2.24, 2.45) is 0 Å². The monoisotopic (exact) mass is 476 g/mol. The molecule has 3 heterocycles. The molecule has 0 aliphatic heterocycles. The van der Waals surface area contributed by atoms with E-state index >= 15 is 0 Å². The molecule has 1 N–H and O–H groups in total. The van der Waals surface area contributed by atoms with Gasteiger partial charge in [0, 0.05) is 27.2 Å². The van der Waals surface area contributed by atoms with E-state index in [4.69, 9.17) is 4.74 Å². The number of hydrogen-bond donors (Lipinski definition) is 1. The van der Waals surface area contributed by atoms with E-state index in [1.165, 1.54) is 32.9 Å². The van der Waals surface area contributed by atoms with Crippen molar-refractivity contribution in [3.63, 3.8) is 0 Å². The smallest absolute Gasteiger partial charge is 0.341 e. The van der Waals surface area contributed by atoms with Crippen LogP contribution in [0.1, 0.15) is 45.9 Å². The first-order valence-electron chi connectivity index (χ1n) is 10.2. The summed E-state index contributed by atoms with van der Waals surface area (Å²) in [6, 6.07) is 2.09. The highest BCUT2D eigenvalue weighted by molar-refractivity contribution is 7.99. The number of nitrogens with one attached hydrogen (secondary N) is 1. The zero-order chi connectivity index (χ0) is 22.0. The predicted octanol–water partition coefficient (Wildman–Crippen LogP) is 4.79. The third-order valence-electron chi connectivity index (χ3n) is 5.01. The molecular weight excluding hydrogens is 452 g/mol. The number of rotatable bonds is 8. The fraction of sp³-hybridized carbons (Fsp3) is 0.429. The molecule has 0 bridgehead atoms. The van der Waals surface area contributed by atoms with Gasteiger partial charge in [-0.25, -0.2) is 4.79 Å². The van der Waals surface area contributed by atoms with E-state index in [1.807, 2.05) is 11.5 Å². The molecule has 164 valence electrons. The number of carbonyl (C=O) groups excluding carboxylic acids is 2. The molecule has 10 heteroatoms. The normalized spacial score (nSPS) is 12.7. The maximum absolute atomic E-state index is 12.7. The van der Waals surface area contributed by atoms with Gasteiger partial charge in [0.1, 0.15) is 5.00 Å². The molecule has 0 radical (unpaired) electrons. The van der Waals surface area contributed by atoms with Crippen LogP contribution in [0.2, 0.25) is 0 Å². The molecule has 0 saturated heterocycles. The zero-order valence-corrected chi connectivity index (χ0v) is 20.1. The quantitative estimate of drug-likeness (QED) is 0.371. The summed E-state index contributed by atoms with van der Waals surface area (Å²) in [6.45, 7) is 6.91. The van der Waals surface area contributed by atoms with E-state index in [0.717, 1.165) is 36.2 Å². The summed E-state index contributed by atoms with van der Waals surface area (Å²) in [6.07, 6.45) is 2.84. The molecule has 0 atom stereocenters. The molecule has 0 saturated carbocycles. The van der Waals surface area contributed by atoms with Gasteiger partial charge in [0.05, 0.1) is 17.9 Å². The summed E-state index contributed by atoms with van der Waals surface area (Å²) in [5.41, 5.74) is 2.61. The van der Waals surface area contributed by atoms with Crippen LogP contribution >= 0.6 is 34.4 Å². The Kier molecular flexibility index (Phi) is 6.78. The lowest BCUT2D eigenvalue weighted by Gasteiger charge is -2.08. The largest absolute Gasteiger partial charge is 0.462 e. The van der Waals surface area contributed by atoms with Crippen molar-refractivity contribution >= 4 is 51.3 Å². The Balaban J connectivity index is 1.46. The molecular formula is C21H24N4O3S3. The number of hydrogen-bond acceptors (Lipinski definition) is 8. The van der Waals surface area contributed by atoms with Crippen LogP contribution < -0.4 is 5.32 Å². The lowest BCUT2D eigenvalue weighted by molar-refractivity contribution is -0.113. The molecule has 1 aliphatic carbocycles.